The van der Waals surface area contributed by atoms with Crippen LogP contribution in [0.5, 0.6) is 5.75 Å². The molecule has 0 atom stereocenters. The fourth-order valence-corrected chi connectivity index (χ4v) is 2.22. The minimum atomic E-state index is -0.539. The third kappa shape index (κ3) is 4.26. The van der Waals surface area contributed by atoms with Gasteiger partial charge < -0.3 is 9.15 Å². The molecule has 0 radical (unpaired) electrons. The maximum Gasteiger partial charge on any atom is 0.305 e. The Bertz CT molecular complexity index is 845. The fraction of sp³-hybridized carbons (Fsp3) is 0.0526. The van der Waals surface area contributed by atoms with Crippen molar-refractivity contribution >= 4 is 11.8 Å². The van der Waals surface area contributed by atoms with Crippen molar-refractivity contribution in [1.82, 2.24) is 10.9 Å². The Morgan fingerprint density at radius 2 is 1.64 bits per heavy atom. The van der Waals surface area contributed by atoms with Gasteiger partial charge in [-0.1, -0.05) is 48.5 Å². The zero-order chi connectivity index (χ0) is 17.5. The lowest BCUT2D eigenvalue weighted by Crippen LogP contribution is -2.43. The number of furan rings is 1. The standard InChI is InChI=1S/C19H16N2O4/c22-18(20-21-19(23)17-11-6-12-24-17)13-25-16-10-5-4-9-15(16)14-7-2-1-3-8-14/h1-12H,13H2,(H,20,22)(H,21,23). The number of amides is 2. The highest BCUT2D eigenvalue weighted by Gasteiger charge is 2.11. The molecule has 0 saturated heterocycles. The van der Waals surface area contributed by atoms with Gasteiger partial charge in [-0.15, -0.1) is 0 Å². The Kier molecular flexibility index (Phi) is 5.11. The van der Waals surface area contributed by atoms with Gasteiger partial charge in [0, 0.05) is 5.56 Å². The highest BCUT2D eigenvalue weighted by atomic mass is 16.5. The number of hydrogen-bond donors (Lipinski definition) is 2. The molecule has 0 spiro atoms. The summed E-state index contributed by atoms with van der Waals surface area (Å²) in [6.45, 7) is -0.234. The molecule has 0 aliphatic carbocycles. The monoisotopic (exact) mass is 336 g/mol. The van der Waals surface area contributed by atoms with Crippen LogP contribution in [0, 0.1) is 0 Å². The fourth-order valence-electron chi connectivity index (χ4n) is 2.22. The van der Waals surface area contributed by atoms with E-state index in [4.69, 9.17) is 9.15 Å². The third-order valence-electron chi connectivity index (χ3n) is 3.39. The summed E-state index contributed by atoms with van der Waals surface area (Å²) < 4.78 is 10.5. The summed E-state index contributed by atoms with van der Waals surface area (Å²) in [4.78, 5) is 23.5. The van der Waals surface area contributed by atoms with Crippen LogP contribution >= 0.6 is 0 Å². The summed E-state index contributed by atoms with van der Waals surface area (Å²) in [7, 11) is 0. The van der Waals surface area contributed by atoms with Gasteiger partial charge in [0.15, 0.2) is 12.4 Å². The molecule has 0 aliphatic heterocycles. The van der Waals surface area contributed by atoms with Gasteiger partial charge in [0.2, 0.25) is 0 Å². The molecule has 126 valence electrons. The molecular formula is C19H16N2O4. The second-order valence-corrected chi connectivity index (χ2v) is 5.13. The van der Waals surface area contributed by atoms with E-state index in [2.05, 4.69) is 10.9 Å². The summed E-state index contributed by atoms with van der Waals surface area (Å²) in [6.07, 6.45) is 1.38. The first-order valence-corrected chi connectivity index (χ1v) is 7.64. The van der Waals surface area contributed by atoms with E-state index in [-0.39, 0.29) is 12.4 Å². The predicted octanol–water partition coefficient (Wildman–Crippen LogP) is 2.79. The minimum absolute atomic E-state index is 0.107. The number of rotatable bonds is 5. The second-order valence-electron chi connectivity index (χ2n) is 5.13. The van der Waals surface area contributed by atoms with E-state index in [1.165, 1.54) is 12.3 Å². The number of hydrazine groups is 1. The minimum Gasteiger partial charge on any atom is -0.483 e. The van der Waals surface area contributed by atoms with Crippen molar-refractivity contribution in [3.8, 4) is 16.9 Å². The van der Waals surface area contributed by atoms with E-state index in [9.17, 15) is 9.59 Å². The van der Waals surface area contributed by atoms with Crippen molar-refractivity contribution in [1.29, 1.82) is 0 Å². The molecule has 0 aliphatic rings. The van der Waals surface area contributed by atoms with Gasteiger partial charge in [-0.05, 0) is 23.8 Å². The van der Waals surface area contributed by atoms with Crippen LogP contribution < -0.4 is 15.6 Å². The smallest absolute Gasteiger partial charge is 0.305 e. The normalized spacial score (nSPS) is 10.1. The number of carbonyl (C=O) groups is 2. The molecule has 2 aromatic carbocycles. The van der Waals surface area contributed by atoms with Gasteiger partial charge in [0.25, 0.3) is 5.91 Å². The van der Waals surface area contributed by atoms with Crippen molar-refractivity contribution in [2.75, 3.05) is 6.61 Å². The molecule has 2 N–H and O–H groups in total. The maximum absolute atomic E-state index is 11.9. The molecule has 1 heterocycles. The van der Waals surface area contributed by atoms with Gasteiger partial charge >= 0.3 is 5.91 Å². The van der Waals surface area contributed by atoms with E-state index < -0.39 is 11.8 Å². The van der Waals surface area contributed by atoms with Crippen LogP contribution in [0.15, 0.2) is 77.4 Å². The quantitative estimate of drug-likeness (QED) is 0.702. The molecular weight excluding hydrogens is 320 g/mol. The van der Waals surface area contributed by atoms with Crippen LogP contribution in [-0.2, 0) is 4.79 Å². The molecule has 6 heteroatoms. The summed E-state index contributed by atoms with van der Waals surface area (Å²) in [6, 6.07) is 20.2. The van der Waals surface area contributed by atoms with Gasteiger partial charge in [0.1, 0.15) is 5.75 Å². The molecule has 2 amide bonds. The van der Waals surface area contributed by atoms with E-state index in [1.54, 1.807) is 12.1 Å². The van der Waals surface area contributed by atoms with Crippen molar-refractivity contribution in [2.24, 2.45) is 0 Å². The predicted molar refractivity (Wildman–Crippen MR) is 91.7 cm³/mol. The number of ether oxygens (including phenoxy) is 1. The summed E-state index contributed by atoms with van der Waals surface area (Å²) >= 11 is 0. The first-order valence-electron chi connectivity index (χ1n) is 7.64. The van der Waals surface area contributed by atoms with Gasteiger partial charge in [-0.3, -0.25) is 20.4 Å². The third-order valence-corrected chi connectivity index (χ3v) is 3.39. The van der Waals surface area contributed by atoms with E-state index >= 15 is 0 Å². The van der Waals surface area contributed by atoms with Crippen molar-refractivity contribution in [2.45, 2.75) is 0 Å². The maximum atomic E-state index is 11.9. The number of para-hydroxylation sites is 1. The largest absolute Gasteiger partial charge is 0.483 e. The van der Waals surface area contributed by atoms with Crippen LogP contribution in [0.1, 0.15) is 10.6 Å². The highest BCUT2D eigenvalue weighted by molar-refractivity contribution is 5.93. The second kappa shape index (κ2) is 7.83. The average molecular weight is 336 g/mol. The van der Waals surface area contributed by atoms with Crippen molar-refractivity contribution in [3.05, 3.63) is 78.8 Å². The molecule has 0 unspecified atom stereocenters. The van der Waals surface area contributed by atoms with E-state index in [0.717, 1.165) is 11.1 Å². The SMILES string of the molecule is O=C(COc1ccccc1-c1ccccc1)NNC(=O)c1ccco1. The van der Waals surface area contributed by atoms with Gasteiger partial charge in [-0.25, -0.2) is 0 Å². The Morgan fingerprint density at radius 3 is 2.40 bits per heavy atom. The van der Waals surface area contributed by atoms with Crippen LogP contribution in [0.4, 0.5) is 0 Å². The Hall–Kier alpha value is -3.54. The van der Waals surface area contributed by atoms with Crippen LogP contribution in [0.2, 0.25) is 0 Å². The number of carbonyl (C=O) groups excluding carboxylic acids is 2. The molecule has 25 heavy (non-hydrogen) atoms. The summed E-state index contributed by atoms with van der Waals surface area (Å²) in [5.41, 5.74) is 6.41. The topological polar surface area (TPSA) is 80.6 Å². The van der Waals surface area contributed by atoms with Crippen molar-refractivity contribution < 1.29 is 18.7 Å². The molecule has 3 rings (SSSR count). The Labute approximate surface area is 144 Å². The van der Waals surface area contributed by atoms with E-state index in [0.29, 0.717) is 5.75 Å². The first kappa shape index (κ1) is 16.3. The summed E-state index contributed by atoms with van der Waals surface area (Å²) in [5, 5.41) is 0. The lowest BCUT2D eigenvalue weighted by Gasteiger charge is -2.12. The molecule has 6 nitrogen and oxygen atoms in total. The number of hydrogen-bond acceptors (Lipinski definition) is 4. The van der Waals surface area contributed by atoms with Crippen LogP contribution in [0.25, 0.3) is 11.1 Å². The lowest BCUT2D eigenvalue weighted by molar-refractivity contribution is -0.123. The summed E-state index contributed by atoms with van der Waals surface area (Å²) in [5.74, 6) is -0.331. The van der Waals surface area contributed by atoms with E-state index in [1.807, 2.05) is 48.5 Å². The first-order chi connectivity index (χ1) is 12.2. The average Bonchev–Trinajstić information content (AvgIpc) is 3.20. The zero-order valence-electron chi connectivity index (χ0n) is 13.3. The Morgan fingerprint density at radius 1 is 0.880 bits per heavy atom. The molecule has 1 aromatic heterocycles. The molecule has 0 saturated carbocycles. The van der Waals surface area contributed by atoms with Crippen LogP contribution in [-0.4, -0.2) is 18.4 Å². The number of nitrogens with one attached hydrogen (secondary N) is 2. The zero-order valence-corrected chi connectivity index (χ0v) is 13.3. The molecule has 3 aromatic rings. The number of benzene rings is 2. The van der Waals surface area contributed by atoms with Gasteiger partial charge in [0.05, 0.1) is 6.26 Å². The lowest BCUT2D eigenvalue weighted by atomic mass is 10.1. The highest BCUT2D eigenvalue weighted by Crippen LogP contribution is 2.29. The van der Waals surface area contributed by atoms with Crippen LogP contribution in [0.3, 0.4) is 0 Å². The molecule has 0 bridgehead atoms. The Balaban J connectivity index is 1.57. The van der Waals surface area contributed by atoms with Crippen molar-refractivity contribution in [3.63, 3.8) is 0 Å². The van der Waals surface area contributed by atoms with Gasteiger partial charge in [-0.2, -0.15) is 0 Å². The molecule has 0 fully saturated rings.